The van der Waals surface area contributed by atoms with Crippen molar-refractivity contribution in [2.24, 2.45) is 28.3 Å². The highest BCUT2D eigenvalue weighted by Gasteiger charge is 2.24. The van der Waals surface area contributed by atoms with Gasteiger partial charge in [0, 0.05) is 18.5 Å². The number of carbonyl (C=O) groups is 1. The smallest absolute Gasteiger partial charge is 0.220 e. The number of primary amides is 1. The van der Waals surface area contributed by atoms with Crippen LogP contribution in [0.2, 0.25) is 0 Å². The van der Waals surface area contributed by atoms with Crippen LogP contribution in [0, 0.1) is 11.8 Å². The van der Waals surface area contributed by atoms with Crippen LogP contribution in [0.4, 0.5) is 0 Å². The van der Waals surface area contributed by atoms with Gasteiger partial charge in [0.1, 0.15) is 0 Å². The molecule has 0 aromatic rings. The molecule has 1 amide bonds. The van der Waals surface area contributed by atoms with Crippen molar-refractivity contribution in [2.75, 3.05) is 6.54 Å². The van der Waals surface area contributed by atoms with E-state index in [9.17, 15) is 4.79 Å². The third kappa shape index (κ3) is 5.06. The molecule has 5 nitrogen and oxygen atoms in total. The summed E-state index contributed by atoms with van der Waals surface area (Å²) in [7, 11) is 0. The second-order valence-corrected chi connectivity index (χ2v) is 5.22. The van der Waals surface area contributed by atoms with Crippen molar-refractivity contribution in [3.8, 4) is 0 Å². The number of hydrogen-bond donors (Lipinski definition) is 3. The Hall–Kier alpha value is -1.26. The van der Waals surface area contributed by atoms with Gasteiger partial charge in [-0.1, -0.05) is 13.8 Å². The standard InChI is InChI=1S/C12H24N4O/c1-8(2)7-15-12(14)16-10-5-3-9(4-6-10)11(13)17/h8-10H,3-7H2,1-2H3,(H2,13,17)(H3,14,15,16). The molecule has 0 heterocycles. The van der Waals surface area contributed by atoms with Crippen LogP contribution in [0.1, 0.15) is 39.5 Å². The second kappa shape index (κ2) is 6.47. The van der Waals surface area contributed by atoms with E-state index < -0.39 is 0 Å². The number of nitrogens with two attached hydrogens (primary N) is 2. The van der Waals surface area contributed by atoms with Crippen LogP contribution in [0.5, 0.6) is 0 Å². The third-order valence-corrected chi connectivity index (χ3v) is 3.11. The highest BCUT2D eigenvalue weighted by molar-refractivity contribution is 5.78. The van der Waals surface area contributed by atoms with Crippen molar-refractivity contribution in [1.82, 2.24) is 5.32 Å². The molecule has 0 bridgehead atoms. The van der Waals surface area contributed by atoms with Crippen molar-refractivity contribution < 1.29 is 4.79 Å². The number of guanidine groups is 1. The lowest BCUT2D eigenvalue weighted by Gasteiger charge is -2.27. The van der Waals surface area contributed by atoms with Crippen LogP contribution < -0.4 is 16.8 Å². The summed E-state index contributed by atoms with van der Waals surface area (Å²) in [6, 6.07) is 0.335. The Morgan fingerprint density at radius 2 is 1.88 bits per heavy atom. The van der Waals surface area contributed by atoms with Crippen molar-refractivity contribution in [2.45, 2.75) is 45.6 Å². The Morgan fingerprint density at radius 1 is 1.29 bits per heavy atom. The van der Waals surface area contributed by atoms with Crippen LogP contribution in [0.25, 0.3) is 0 Å². The summed E-state index contributed by atoms with van der Waals surface area (Å²) in [4.78, 5) is 15.3. The van der Waals surface area contributed by atoms with E-state index in [1.807, 2.05) is 0 Å². The van der Waals surface area contributed by atoms with Gasteiger partial charge >= 0.3 is 0 Å². The molecule has 98 valence electrons. The van der Waals surface area contributed by atoms with Crippen molar-refractivity contribution in [3.63, 3.8) is 0 Å². The Morgan fingerprint density at radius 3 is 2.35 bits per heavy atom. The first kappa shape index (κ1) is 13.8. The Kier molecular flexibility index (Phi) is 5.25. The molecule has 0 radical (unpaired) electrons. The lowest BCUT2D eigenvalue weighted by Crippen LogP contribution is -2.43. The fourth-order valence-corrected chi connectivity index (χ4v) is 2.06. The van der Waals surface area contributed by atoms with Gasteiger partial charge in [-0.05, 0) is 31.6 Å². The van der Waals surface area contributed by atoms with Gasteiger partial charge in [-0.2, -0.15) is 0 Å². The average molecular weight is 240 g/mol. The van der Waals surface area contributed by atoms with Gasteiger partial charge in [-0.25, -0.2) is 0 Å². The fraction of sp³-hybridized carbons (Fsp3) is 0.833. The Bertz CT molecular complexity index is 280. The van der Waals surface area contributed by atoms with Gasteiger partial charge in [0.15, 0.2) is 5.96 Å². The maximum atomic E-state index is 11.0. The van der Waals surface area contributed by atoms with Crippen LogP contribution in [0.3, 0.4) is 0 Å². The van der Waals surface area contributed by atoms with Gasteiger partial charge in [0.25, 0.3) is 0 Å². The van der Waals surface area contributed by atoms with Gasteiger partial charge in [0.05, 0.1) is 0 Å². The van der Waals surface area contributed by atoms with E-state index >= 15 is 0 Å². The maximum absolute atomic E-state index is 11.0. The fourth-order valence-electron chi connectivity index (χ4n) is 2.06. The van der Waals surface area contributed by atoms with Gasteiger partial charge in [-0.15, -0.1) is 0 Å². The minimum atomic E-state index is -0.176. The zero-order valence-electron chi connectivity index (χ0n) is 10.8. The molecule has 0 spiro atoms. The monoisotopic (exact) mass is 240 g/mol. The predicted molar refractivity (Wildman–Crippen MR) is 69.4 cm³/mol. The second-order valence-electron chi connectivity index (χ2n) is 5.22. The molecule has 1 aliphatic rings. The lowest BCUT2D eigenvalue weighted by atomic mass is 9.86. The number of hydrogen-bond acceptors (Lipinski definition) is 2. The summed E-state index contributed by atoms with van der Waals surface area (Å²) in [6.07, 6.45) is 3.58. The van der Waals surface area contributed by atoms with Crippen LogP contribution in [-0.2, 0) is 4.79 Å². The summed E-state index contributed by atoms with van der Waals surface area (Å²) in [5.74, 6) is 0.897. The molecular weight excluding hydrogens is 216 g/mol. The molecule has 1 saturated carbocycles. The van der Waals surface area contributed by atoms with E-state index in [2.05, 4.69) is 24.2 Å². The third-order valence-electron chi connectivity index (χ3n) is 3.11. The molecule has 1 aliphatic carbocycles. The molecule has 0 aromatic carbocycles. The van der Waals surface area contributed by atoms with Crippen molar-refractivity contribution >= 4 is 11.9 Å². The molecule has 17 heavy (non-hydrogen) atoms. The molecule has 0 aliphatic heterocycles. The first-order valence-corrected chi connectivity index (χ1v) is 6.34. The molecule has 0 saturated heterocycles. The highest BCUT2D eigenvalue weighted by atomic mass is 16.1. The first-order chi connectivity index (χ1) is 7.99. The molecule has 1 rings (SSSR count). The zero-order chi connectivity index (χ0) is 12.8. The predicted octanol–water partition coefficient (Wildman–Crippen LogP) is 0.591. The number of nitrogens with one attached hydrogen (secondary N) is 1. The molecule has 5 N–H and O–H groups in total. The zero-order valence-corrected chi connectivity index (χ0v) is 10.8. The maximum Gasteiger partial charge on any atom is 0.220 e. The van der Waals surface area contributed by atoms with E-state index in [1.54, 1.807) is 0 Å². The van der Waals surface area contributed by atoms with E-state index in [4.69, 9.17) is 11.5 Å². The number of aliphatic imine (C=N–C) groups is 1. The lowest BCUT2D eigenvalue weighted by molar-refractivity contribution is -0.122. The minimum Gasteiger partial charge on any atom is -0.370 e. The van der Waals surface area contributed by atoms with Crippen LogP contribution in [0.15, 0.2) is 4.99 Å². The quantitative estimate of drug-likeness (QED) is 0.496. The summed E-state index contributed by atoms with van der Waals surface area (Å²) in [5.41, 5.74) is 11.1. The highest BCUT2D eigenvalue weighted by Crippen LogP contribution is 2.23. The largest absolute Gasteiger partial charge is 0.370 e. The molecule has 0 unspecified atom stereocenters. The Labute approximate surface area is 103 Å². The van der Waals surface area contributed by atoms with Crippen LogP contribution in [-0.4, -0.2) is 24.5 Å². The molecule has 1 fully saturated rings. The summed E-state index contributed by atoms with van der Waals surface area (Å²) in [6.45, 7) is 4.96. The van der Waals surface area contributed by atoms with Crippen molar-refractivity contribution in [1.29, 1.82) is 0 Å². The van der Waals surface area contributed by atoms with Crippen molar-refractivity contribution in [3.05, 3.63) is 0 Å². The van der Waals surface area contributed by atoms with E-state index in [1.165, 1.54) is 0 Å². The number of nitrogens with zero attached hydrogens (tertiary/aromatic N) is 1. The first-order valence-electron chi connectivity index (χ1n) is 6.34. The molecule has 0 atom stereocenters. The molecular formula is C12H24N4O. The van der Waals surface area contributed by atoms with E-state index in [0.29, 0.717) is 17.9 Å². The number of rotatable bonds is 4. The average Bonchev–Trinajstić information content (AvgIpc) is 2.27. The number of amides is 1. The molecule has 0 aromatic heterocycles. The minimum absolute atomic E-state index is 0.0434. The van der Waals surface area contributed by atoms with Gasteiger partial charge in [0.2, 0.25) is 5.91 Å². The Balaban J connectivity index is 2.30. The topological polar surface area (TPSA) is 93.5 Å². The van der Waals surface area contributed by atoms with Gasteiger partial charge < -0.3 is 16.8 Å². The summed E-state index contributed by atoms with van der Waals surface area (Å²) in [5, 5.41) is 3.21. The van der Waals surface area contributed by atoms with Gasteiger partial charge in [-0.3, -0.25) is 9.79 Å². The number of carbonyl (C=O) groups excluding carboxylic acids is 1. The van der Waals surface area contributed by atoms with E-state index in [0.717, 1.165) is 32.2 Å². The SMILES string of the molecule is CC(C)CN=C(N)NC1CCC(C(N)=O)CC1. The van der Waals surface area contributed by atoms with Crippen LogP contribution >= 0.6 is 0 Å². The summed E-state index contributed by atoms with van der Waals surface area (Å²) < 4.78 is 0. The van der Waals surface area contributed by atoms with E-state index in [-0.39, 0.29) is 11.8 Å². The normalized spacial score (nSPS) is 25.9. The summed E-state index contributed by atoms with van der Waals surface area (Å²) >= 11 is 0. The molecule has 5 heteroatoms.